The van der Waals surface area contributed by atoms with Crippen LogP contribution in [0.25, 0.3) is 16.0 Å². The third-order valence-corrected chi connectivity index (χ3v) is 3.64. The van der Waals surface area contributed by atoms with Crippen molar-refractivity contribution in [2.24, 2.45) is 5.11 Å². The summed E-state index contributed by atoms with van der Waals surface area (Å²) in [6.45, 7) is 1.12. The van der Waals surface area contributed by atoms with Crippen molar-refractivity contribution in [2.75, 3.05) is 26.9 Å². The van der Waals surface area contributed by atoms with Crippen molar-refractivity contribution in [3.63, 3.8) is 0 Å². The first kappa shape index (κ1) is 15.5. The van der Waals surface area contributed by atoms with Crippen LogP contribution in [-0.4, -0.2) is 32.9 Å². The number of rotatable bonds is 6. The summed E-state index contributed by atoms with van der Waals surface area (Å²) >= 11 is 0. The maximum absolute atomic E-state index is 13.0. The SMILES string of the molecule is CO[C@H](c1ccc(C2=CCNCC2)cc1)[C@@H](CF)N=[N+]=[N-]. The first-order chi connectivity index (χ1) is 10.3. The summed E-state index contributed by atoms with van der Waals surface area (Å²) in [5.74, 6) is 0. The van der Waals surface area contributed by atoms with Crippen molar-refractivity contribution >= 4 is 5.57 Å². The van der Waals surface area contributed by atoms with E-state index in [1.807, 2.05) is 24.3 Å². The summed E-state index contributed by atoms with van der Waals surface area (Å²) < 4.78 is 18.3. The maximum atomic E-state index is 13.0. The van der Waals surface area contributed by atoms with Gasteiger partial charge in [0.1, 0.15) is 6.67 Å². The number of alkyl halides is 1. The minimum absolute atomic E-state index is 0.568. The number of nitrogens with zero attached hydrogens (tertiary/aromatic N) is 3. The number of hydrogen-bond acceptors (Lipinski definition) is 3. The van der Waals surface area contributed by atoms with E-state index >= 15 is 0 Å². The lowest BCUT2D eigenvalue weighted by atomic mass is 9.96. The summed E-state index contributed by atoms with van der Waals surface area (Å²) in [7, 11) is 1.49. The molecule has 2 rings (SSSR count). The molecular formula is C15H19FN4O. The van der Waals surface area contributed by atoms with Gasteiger partial charge in [-0.25, -0.2) is 0 Å². The molecule has 1 aromatic rings. The molecule has 0 bridgehead atoms. The molecule has 2 atom stereocenters. The second kappa shape index (κ2) is 7.78. The highest BCUT2D eigenvalue weighted by molar-refractivity contribution is 5.66. The fraction of sp³-hybridized carbons (Fsp3) is 0.467. The molecule has 21 heavy (non-hydrogen) atoms. The summed E-state index contributed by atoms with van der Waals surface area (Å²) in [5.41, 5.74) is 11.8. The highest BCUT2D eigenvalue weighted by Crippen LogP contribution is 2.26. The Kier molecular flexibility index (Phi) is 5.75. The average Bonchev–Trinajstić information content (AvgIpc) is 2.56. The van der Waals surface area contributed by atoms with Crippen LogP contribution in [0.5, 0.6) is 0 Å². The molecule has 0 spiro atoms. The Morgan fingerprint density at radius 1 is 1.43 bits per heavy atom. The number of halogens is 1. The van der Waals surface area contributed by atoms with Crippen molar-refractivity contribution in [2.45, 2.75) is 18.6 Å². The molecule has 0 aliphatic carbocycles. The molecule has 1 N–H and O–H groups in total. The molecule has 112 valence electrons. The average molecular weight is 290 g/mol. The number of ether oxygens (including phenoxy) is 1. The first-order valence-electron chi connectivity index (χ1n) is 6.93. The minimum atomic E-state index is -0.844. The van der Waals surface area contributed by atoms with Crippen LogP contribution < -0.4 is 5.32 Å². The molecule has 1 heterocycles. The van der Waals surface area contributed by atoms with Gasteiger partial charge in [0.05, 0.1) is 12.1 Å². The molecule has 1 aromatic carbocycles. The molecule has 1 aliphatic heterocycles. The molecular weight excluding hydrogens is 271 g/mol. The van der Waals surface area contributed by atoms with Crippen molar-refractivity contribution in [3.05, 3.63) is 51.9 Å². The molecule has 1 aliphatic rings. The number of azide groups is 1. The van der Waals surface area contributed by atoms with Gasteiger partial charge in [-0.3, -0.25) is 4.39 Å². The Balaban J connectivity index is 2.19. The molecule has 0 saturated heterocycles. The van der Waals surface area contributed by atoms with Crippen LogP contribution in [0.2, 0.25) is 0 Å². The van der Waals surface area contributed by atoms with E-state index in [4.69, 9.17) is 10.3 Å². The lowest BCUT2D eigenvalue weighted by molar-refractivity contribution is 0.0722. The summed E-state index contributed by atoms with van der Waals surface area (Å²) in [5, 5.41) is 6.74. The molecule has 0 saturated carbocycles. The zero-order valence-corrected chi connectivity index (χ0v) is 12.0. The van der Waals surface area contributed by atoms with Gasteiger partial charge in [-0.1, -0.05) is 35.5 Å². The second-order valence-electron chi connectivity index (χ2n) is 4.89. The van der Waals surface area contributed by atoms with Gasteiger partial charge in [-0.05, 0) is 35.2 Å². The van der Waals surface area contributed by atoms with Crippen molar-refractivity contribution < 1.29 is 9.13 Å². The van der Waals surface area contributed by atoms with Crippen molar-refractivity contribution in [1.29, 1.82) is 0 Å². The molecule has 0 radical (unpaired) electrons. The zero-order valence-electron chi connectivity index (χ0n) is 12.0. The van der Waals surface area contributed by atoms with Crippen LogP contribution in [-0.2, 0) is 4.74 Å². The summed E-state index contributed by atoms with van der Waals surface area (Å²) in [6.07, 6.45) is 2.61. The summed E-state index contributed by atoms with van der Waals surface area (Å²) in [4.78, 5) is 2.68. The van der Waals surface area contributed by atoms with Gasteiger partial charge in [0.2, 0.25) is 0 Å². The standard InChI is InChI=1S/C15H19FN4O/c1-21-15(14(10-16)19-20-17)13-4-2-11(3-5-13)12-6-8-18-9-7-12/h2-6,14-15,18H,7-10H2,1H3/t14-,15-/m1/s1. The smallest absolute Gasteiger partial charge is 0.101 e. The lowest BCUT2D eigenvalue weighted by Gasteiger charge is -2.21. The second-order valence-corrected chi connectivity index (χ2v) is 4.89. The topological polar surface area (TPSA) is 70.0 Å². The first-order valence-corrected chi connectivity index (χ1v) is 6.93. The quantitative estimate of drug-likeness (QED) is 0.495. The van der Waals surface area contributed by atoms with E-state index in [0.29, 0.717) is 0 Å². The molecule has 6 heteroatoms. The molecule has 0 amide bonds. The van der Waals surface area contributed by atoms with Gasteiger partial charge in [-0.15, -0.1) is 0 Å². The number of nitrogens with one attached hydrogen (secondary N) is 1. The van der Waals surface area contributed by atoms with E-state index in [-0.39, 0.29) is 0 Å². The number of hydrogen-bond donors (Lipinski definition) is 1. The predicted molar refractivity (Wildman–Crippen MR) is 80.6 cm³/mol. The van der Waals surface area contributed by atoms with Crippen molar-refractivity contribution in [1.82, 2.24) is 5.32 Å². The van der Waals surface area contributed by atoms with Gasteiger partial charge in [-0.2, -0.15) is 0 Å². The third-order valence-electron chi connectivity index (χ3n) is 3.64. The van der Waals surface area contributed by atoms with Crippen LogP contribution in [0.15, 0.2) is 35.5 Å². The Labute approximate surface area is 123 Å². The fourth-order valence-corrected chi connectivity index (χ4v) is 2.53. The predicted octanol–water partition coefficient (Wildman–Crippen LogP) is 3.40. The lowest BCUT2D eigenvalue weighted by Crippen LogP contribution is -2.21. The van der Waals surface area contributed by atoms with Crippen LogP contribution in [0.4, 0.5) is 4.39 Å². The van der Waals surface area contributed by atoms with E-state index in [1.54, 1.807) is 0 Å². The van der Waals surface area contributed by atoms with E-state index in [2.05, 4.69) is 21.4 Å². The van der Waals surface area contributed by atoms with E-state index < -0.39 is 18.8 Å². The molecule has 0 fully saturated rings. The van der Waals surface area contributed by atoms with Gasteiger partial charge in [0.15, 0.2) is 0 Å². The van der Waals surface area contributed by atoms with Crippen LogP contribution in [0.3, 0.4) is 0 Å². The molecule has 0 aromatic heterocycles. The normalized spacial score (nSPS) is 17.5. The molecule has 0 unspecified atom stereocenters. The Morgan fingerprint density at radius 3 is 2.71 bits per heavy atom. The summed E-state index contributed by atoms with van der Waals surface area (Å²) in [6, 6.07) is 6.97. The van der Waals surface area contributed by atoms with Gasteiger partial charge >= 0.3 is 0 Å². The third kappa shape index (κ3) is 3.82. The Hall–Kier alpha value is -1.88. The van der Waals surface area contributed by atoms with Crippen LogP contribution >= 0.6 is 0 Å². The Bertz CT molecular complexity index is 537. The van der Waals surface area contributed by atoms with Crippen LogP contribution in [0, 0.1) is 0 Å². The minimum Gasteiger partial charge on any atom is -0.376 e. The monoisotopic (exact) mass is 290 g/mol. The Morgan fingerprint density at radius 2 is 2.19 bits per heavy atom. The van der Waals surface area contributed by atoms with Crippen molar-refractivity contribution in [3.8, 4) is 0 Å². The van der Waals surface area contributed by atoms with E-state index in [0.717, 1.165) is 30.6 Å². The highest BCUT2D eigenvalue weighted by Gasteiger charge is 2.22. The van der Waals surface area contributed by atoms with Gasteiger partial charge < -0.3 is 10.1 Å². The molecule has 5 nitrogen and oxygen atoms in total. The van der Waals surface area contributed by atoms with Crippen LogP contribution in [0.1, 0.15) is 23.7 Å². The fourth-order valence-electron chi connectivity index (χ4n) is 2.53. The highest BCUT2D eigenvalue weighted by atomic mass is 19.1. The maximum Gasteiger partial charge on any atom is 0.101 e. The zero-order chi connectivity index (χ0) is 15.1. The van der Waals surface area contributed by atoms with E-state index in [1.165, 1.54) is 12.7 Å². The van der Waals surface area contributed by atoms with Gasteiger partial charge in [0.25, 0.3) is 0 Å². The van der Waals surface area contributed by atoms with Gasteiger partial charge in [0, 0.05) is 18.6 Å². The largest absolute Gasteiger partial charge is 0.376 e. The van der Waals surface area contributed by atoms with E-state index in [9.17, 15) is 4.39 Å². The number of benzene rings is 1. The number of methoxy groups -OCH3 is 1.